The van der Waals surface area contributed by atoms with Crippen molar-refractivity contribution in [2.24, 2.45) is 0 Å². The molecule has 0 fully saturated rings. The molecule has 0 saturated carbocycles. The number of carboxylic acid groups (broad SMARTS) is 1. The zero-order valence-corrected chi connectivity index (χ0v) is 12.8. The first-order valence-electron chi connectivity index (χ1n) is 5.45. The molecular weight excluding hydrogens is 343 g/mol. The molecule has 2 aromatic rings. The van der Waals surface area contributed by atoms with Gasteiger partial charge in [-0.15, -0.1) is 0 Å². The van der Waals surface area contributed by atoms with E-state index in [0.717, 1.165) is 12.1 Å². The highest BCUT2D eigenvalue weighted by Gasteiger charge is 2.25. The Morgan fingerprint density at radius 3 is 2.57 bits per heavy atom. The van der Waals surface area contributed by atoms with Gasteiger partial charge >= 0.3 is 5.97 Å². The summed E-state index contributed by atoms with van der Waals surface area (Å²) >= 11 is 11.6. The Labute approximate surface area is 129 Å². The summed E-state index contributed by atoms with van der Waals surface area (Å²) in [6, 6.07) is 2.16. The van der Waals surface area contributed by atoms with Gasteiger partial charge in [0.15, 0.2) is 15.7 Å². The molecule has 7 nitrogen and oxygen atoms in total. The van der Waals surface area contributed by atoms with E-state index in [1.54, 1.807) is 0 Å². The van der Waals surface area contributed by atoms with Gasteiger partial charge < -0.3 is 9.63 Å². The predicted molar refractivity (Wildman–Crippen MR) is 73.3 cm³/mol. The van der Waals surface area contributed by atoms with Gasteiger partial charge in [0, 0.05) is 11.9 Å². The minimum absolute atomic E-state index is 0.0552. The van der Waals surface area contributed by atoms with Crippen molar-refractivity contribution in [1.29, 1.82) is 0 Å². The Kier molecular flexibility index (Phi) is 4.22. The average Bonchev–Trinajstić information content (AvgIpc) is 2.76. The van der Waals surface area contributed by atoms with Crippen molar-refractivity contribution in [3.63, 3.8) is 0 Å². The molecule has 0 aliphatic heterocycles. The molecule has 1 heterocycles. The van der Waals surface area contributed by atoms with Crippen molar-refractivity contribution in [1.82, 2.24) is 10.1 Å². The third-order valence-corrected chi connectivity index (χ3v) is 4.83. The molecule has 10 heteroatoms. The van der Waals surface area contributed by atoms with Crippen LogP contribution >= 0.6 is 23.2 Å². The van der Waals surface area contributed by atoms with Crippen LogP contribution in [0.4, 0.5) is 0 Å². The number of hydrogen-bond donors (Lipinski definition) is 1. The largest absolute Gasteiger partial charge is 0.478 e. The maximum atomic E-state index is 12.3. The van der Waals surface area contributed by atoms with Gasteiger partial charge in [0.1, 0.15) is 5.75 Å². The molecule has 2 rings (SSSR count). The lowest BCUT2D eigenvalue weighted by atomic mass is 10.2. The number of aromatic carboxylic acids is 1. The first kappa shape index (κ1) is 15.7. The number of hydrogen-bond acceptors (Lipinski definition) is 6. The zero-order valence-electron chi connectivity index (χ0n) is 10.5. The van der Waals surface area contributed by atoms with Crippen molar-refractivity contribution in [3.05, 3.63) is 39.5 Å². The topological polar surface area (TPSA) is 110 Å². The number of benzene rings is 1. The molecule has 0 unspecified atom stereocenters. The number of carbonyl (C=O) groups is 1. The Morgan fingerprint density at radius 2 is 2.05 bits per heavy atom. The fourth-order valence-corrected chi connectivity index (χ4v) is 3.72. The lowest BCUT2D eigenvalue weighted by Gasteiger charge is -2.08. The van der Waals surface area contributed by atoms with Gasteiger partial charge in [0.2, 0.25) is 5.89 Å². The van der Waals surface area contributed by atoms with Gasteiger partial charge in [-0.2, -0.15) is 4.98 Å². The van der Waals surface area contributed by atoms with Crippen molar-refractivity contribution in [2.45, 2.75) is 17.6 Å². The molecule has 0 saturated heterocycles. The van der Waals surface area contributed by atoms with E-state index in [0.29, 0.717) is 0 Å². The molecule has 21 heavy (non-hydrogen) atoms. The molecule has 0 aliphatic rings. The van der Waals surface area contributed by atoms with Crippen LogP contribution < -0.4 is 0 Å². The van der Waals surface area contributed by atoms with E-state index in [-0.39, 0.29) is 16.7 Å². The standard InChI is InChI=1S/C11H8Cl2N2O5S/c1-5-14-9(15-20-5)4-21(18,19)8-3-6(12)2-7(10(8)13)11(16)17/h2-3H,4H2,1H3,(H,16,17). The first-order chi connectivity index (χ1) is 9.70. The summed E-state index contributed by atoms with van der Waals surface area (Å²) in [6.07, 6.45) is 0. The second kappa shape index (κ2) is 5.63. The minimum Gasteiger partial charge on any atom is -0.478 e. The fraction of sp³-hybridized carbons (Fsp3) is 0.182. The Balaban J connectivity index is 2.52. The lowest BCUT2D eigenvalue weighted by Crippen LogP contribution is -2.09. The van der Waals surface area contributed by atoms with E-state index < -0.39 is 37.0 Å². The highest BCUT2D eigenvalue weighted by Crippen LogP contribution is 2.31. The van der Waals surface area contributed by atoms with Crippen LogP contribution in [0.25, 0.3) is 0 Å². The predicted octanol–water partition coefficient (Wildman–Crippen LogP) is 2.36. The molecule has 0 amide bonds. The molecule has 1 N–H and O–H groups in total. The molecule has 1 aromatic heterocycles. The summed E-state index contributed by atoms with van der Waals surface area (Å²) in [4.78, 5) is 14.4. The van der Waals surface area contributed by atoms with Crippen LogP contribution in [-0.2, 0) is 15.6 Å². The number of sulfone groups is 1. The second-order valence-electron chi connectivity index (χ2n) is 4.06. The lowest BCUT2D eigenvalue weighted by molar-refractivity contribution is 0.0697. The van der Waals surface area contributed by atoms with Crippen LogP contribution in [-0.4, -0.2) is 29.6 Å². The Hall–Kier alpha value is -1.64. The van der Waals surface area contributed by atoms with Gasteiger partial charge in [0.25, 0.3) is 0 Å². The maximum absolute atomic E-state index is 12.3. The number of rotatable bonds is 4. The fourth-order valence-electron chi connectivity index (χ4n) is 1.59. The number of aromatic nitrogens is 2. The molecular formula is C11H8Cl2N2O5S. The molecule has 112 valence electrons. The van der Waals surface area contributed by atoms with Crippen molar-refractivity contribution < 1.29 is 22.8 Å². The number of carboxylic acids is 1. The number of nitrogens with zero attached hydrogens (tertiary/aromatic N) is 2. The van der Waals surface area contributed by atoms with E-state index in [2.05, 4.69) is 14.7 Å². The average molecular weight is 351 g/mol. The van der Waals surface area contributed by atoms with E-state index in [1.165, 1.54) is 6.92 Å². The molecule has 0 bridgehead atoms. The molecule has 1 aromatic carbocycles. The van der Waals surface area contributed by atoms with Crippen molar-refractivity contribution in [2.75, 3.05) is 0 Å². The molecule has 0 aliphatic carbocycles. The SMILES string of the molecule is Cc1nc(CS(=O)(=O)c2cc(Cl)cc(C(=O)O)c2Cl)no1. The summed E-state index contributed by atoms with van der Waals surface area (Å²) in [6.45, 7) is 1.51. The van der Waals surface area contributed by atoms with Crippen LogP contribution in [0, 0.1) is 6.92 Å². The van der Waals surface area contributed by atoms with E-state index in [4.69, 9.17) is 28.3 Å². The third kappa shape index (κ3) is 3.34. The summed E-state index contributed by atoms with van der Waals surface area (Å²) < 4.78 is 29.3. The van der Waals surface area contributed by atoms with Crippen molar-refractivity contribution >= 4 is 39.0 Å². The van der Waals surface area contributed by atoms with Gasteiger partial charge in [-0.25, -0.2) is 13.2 Å². The van der Waals surface area contributed by atoms with Gasteiger partial charge in [-0.05, 0) is 12.1 Å². The maximum Gasteiger partial charge on any atom is 0.337 e. The molecule has 0 spiro atoms. The smallest absolute Gasteiger partial charge is 0.337 e. The minimum atomic E-state index is -3.97. The van der Waals surface area contributed by atoms with Gasteiger partial charge in [-0.1, -0.05) is 28.4 Å². The van der Waals surface area contributed by atoms with E-state index in [1.807, 2.05) is 0 Å². The second-order valence-corrected chi connectivity index (χ2v) is 6.83. The highest BCUT2D eigenvalue weighted by atomic mass is 35.5. The molecule has 0 atom stereocenters. The Bertz CT molecular complexity index is 816. The summed E-state index contributed by atoms with van der Waals surface area (Å²) in [5.41, 5.74) is -0.396. The Morgan fingerprint density at radius 1 is 1.38 bits per heavy atom. The monoisotopic (exact) mass is 350 g/mol. The van der Waals surface area contributed by atoms with Gasteiger partial charge in [0.05, 0.1) is 15.5 Å². The number of aryl methyl sites for hydroxylation is 1. The van der Waals surface area contributed by atoms with Crippen LogP contribution in [0.3, 0.4) is 0 Å². The molecule has 0 radical (unpaired) electrons. The summed E-state index contributed by atoms with van der Waals surface area (Å²) in [5.74, 6) is -1.80. The summed E-state index contributed by atoms with van der Waals surface area (Å²) in [5, 5.41) is 12.0. The normalized spacial score (nSPS) is 11.6. The van der Waals surface area contributed by atoms with Crippen LogP contribution in [0.5, 0.6) is 0 Å². The third-order valence-electron chi connectivity index (χ3n) is 2.46. The van der Waals surface area contributed by atoms with Crippen LogP contribution in [0.1, 0.15) is 22.1 Å². The zero-order chi connectivity index (χ0) is 15.8. The summed E-state index contributed by atoms with van der Waals surface area (Å²) in [7, 11) is -3.97. The van der Waals surface area contributed by atoms with Crippen LogP contribution in [0.15, 0.2) is 21.6 Å². The van der Waals surface area contributed by atoms with Crippen molar-refractivity contribution in [3.8, 4) is 0 Å². The quantitative estimate of drug-likeness (QED) is 0.900. The highest BCUT2D eigenvalue weighted by molar-refractivity contribution is 7.90. The van der Waals surface area contributed by atoms with E-state index >= 15 is 0 Å². The van der Waals surface area contributed by atoms with Gasteiger partial charge in [-0.3, -0.25) is 0 Å². The van der Waals surface area contributed by atoms with Crippen LogP contribution in [0.2, 0.25) is 10.0 Å². The first-order valence-corrected chi connectivity index (χ1v) is 7.86. The number of halogens is 2. The van der Waals surface area contributed by atoms with E-state index in [9.17, 15) is 13.2 Å².